The Morgan fingerprint density at radius 2 is 2.10 bits per heavy atom. The number of morpholine rings is 1. The van der Waals surface area contributed by atoms with Gasteiger partial charge in [0.1, 0.15) is 0 Å². The van der Waals surface area contributed by atoms with E-state index in [1.807, 2.05) is 18.2 Å². The largest absolute Gasteiger partial charge is 0.371 e. The van der Waals surface area contributed by atoms with Crippen molar-refractivity contribution in [2.75, 3.05) is 26.2 Å². The van der Waals surface area contributed by atoms with Gasteiger partial charge in [-0.3, -0.25) is 9.69 Å². The number of carbonyl (C=O) groups excluding carboxylic acids is 1. The van der Waals surface area contributed by atoms with Crippen molar-refractivity contribution in [3.05, 3.63) is 35.9 Å². The summed E-state index contributed by atoms with van der Waals surface area (Å²) in [5.74, 6) is 0.190. The van der Waals surface area contributed by atoms with Gasteiger partial charge in [0, 0.05) is 32.1 Å². The molecule has 1 aromatic carbocycles. The van der Waals surface area contributed by atoms with Gasteiger partial charge >= 0.3 is 0 Å². The fourth-order valence-corrected chi connectivity index (χ4v) is 2.56. The van der Waals surface area contributed by atoms with Gasteiger partial charge in [0.15, 0.2) is 0 Å². The smallest absolute Gasteiger partial charge is 0.221 e. The number of benzene rings is 1. The minimum absolute atomic E-state index is 0.136. The minimum atomic E-state index is 0.136. The van der Waals surface area contributed by atoms with Crippen LogP contribution in [0.5, 0.6) is 0 Å². The number of carbonyl (C=O) groups is 1. The van der Waals surface area contributed by atoms with Gasteiger partial charge in [-0.1, -0.05) is 30.3 Å². The van der Waals surface area contributed by atoms with Crippen molar-refractivity contribution >= 4 is 5.91 Å². The zero-order valence-corrected chi connectivity index (χ0v) is 11.8. The summed E-state index contributed by atoms with van der Waals surface area (Å²) in [6.45, 7) is 3.36. The van der Waals surface area contributed by atoms with Crippen LogP contribution in [0.25, 0.3) is 0 Å². The Bertz CT molecular complexity index is 445. The number of nitrogens with zero attached hydrogens (tertiary/aromatic N) is 1. The van der Waals surface area contributed by atoms with E-state index in [2.05, 4.69) is 22.3 Å². The van der Waals surface area contributed by atoms with E-state index in [0.29, 0.717) is 12.5 Å². The minimum Gasteiger partial charge on any atom is -0.371 e. The first-order valence-corrected chi connectivity index (χ1v) is 7.49. The maximum Gasteiger partial charge on any atom is 0.221 e. The quantitative estimate of drug-likeness (QED) is 0.889. The van der Waals surface area contributed by atoms with Crippen LogP contribution in [0.4, 0.5) is 0 Å². The molecule has 2 fully saturated rings. The molecule has 20 heavy (non-hydrogen) atoms. The Kier molecular flexibility index (Phi) is 4.33. The van der Waals surface area contributed by atoms with Crippen LogP contribution in [0.15, 0.2) is 30.3 Å². The van der Waals surface area contributed by atoms with Gasteiger partial charge in [-0.15, -0.1) is 0 Å². The van der Waals surface area contributed by atoms with Crippen LogP contribution in [0.3, 0.4) is 0 Å². The van der Waals surface area contributed by atoms with Gasteiger partial charge in [0.05, 0.1) is 12.7 Å². The molecule has 1 amide bonds. The molecule has 4 nitrogen and oxygen atoms in total. The van der Waals surface area contributed by atoms with Gasteiger partial charge in [0.2, 0.25) is 5.91 Å². The molecule has 1 aromatic rings. The number of hydrogen-bond donors (Lipinski definition) is 1. The van der Waals surface area contributed by atoms with Gasteiger partial charge in [-0.2, -0.15) is 0 Å². The lowest BCUT2D eigenvalue weighted by molar-refractivity contribution is -0.122. The summed E-state index contributed by atoms with van der Waals surface area (Å²) in [5, 5.41) is 3.04. The number of nitrogens with one attached hydrogen (secondary N) is 1. The Labute approximate surface area is 120 Å². The molecule has 1 N–H and O–H groups in total. The monoisotopic (exact) mass is 274 g/mol. The van der Waals surface area contributed by atoms with Crippen molar-refractivity contribution in [3.8, 4) is 0 Å². The lowest BCUT2D eigenvalue weighted by atomic mass is 10.1. The van der Waals surface area contributed by atoms with Crippen molar-refractivity contribution in [2.45, 2.75) is 31.4 Å². The molecule has 1 unspecified atom stereocenters. The molecule has 0 bridgehead atoms. The van der Waals surface area contributed by atoms with Crippen LogP contribution in [-0.4, -0.2) is 43.1 Å². The fourth-order valence-electron chi connectivity index (χ4n) is 2.56. The van der Waals surface area contributed by atoms with Crippen molar-refractivity contribution in [3.63, 3.8) is 0 Å². The average molecular weight is 274 g/mol. The second kappa shape index (κ2) is 6.37. The summed E-state index contributed by atoms with van der Waals surface area (Å²) in [5.41, 5.74) is 1.22. The first kappa shape index (κ1) is 13.6. The highest BCUT2D eigenvalue weighted by Gasteiger charge is 2.25. The molecular weight excluding hydrogens is 252 g/mol. The van der Waals surface area contributed by atoms with Crippen LogP contribution in [0, 0.1) is 0 Å². The van der Waals surface area contributed by atoms with E-state index >= 15 is 0 Å². The Hall–Kier alpha value is -1.39. The Morgan fingerprint density at radius 1 is 1.30 bits per heavy atom. The van der Waals surface area contributed by atoms with Gasteiger partial charge in [-0.25, -0.2) is 0 Å². The molecule has 108 valence electrons. The molecule has 1 aliphatic carbocycles. The molecule has 3 rings (SSSR count). The Morgan fingerprint density at radius 3 is 2.85 bits per heavy atom. The zero-order valence-electron chi connectivity index (χ0n) is 11.8. The SMILES string of the molecule is O=C(CCN1CCOC(c2ccccc2)C1)NC1CC1. The van der Waals surface area contributed by atoms with Crippen LogP contribution in [-0.2, 0) is 9.53 Å². The third-order valence-electron chi connectivity index (χ3n) is 3.92. The molecule has 4 heteroatoms. The molecule has 2 aliphatic rings. The van der Waals surface area contributed by atoms with E-state index in [0.717, 1.165) is 39.1 Å². The molecule has 1 saturated carbocycles. The molecule has 1 saturated heterocycles. The Balaban J connectivity index is 1.46. The predicted octanol–water partition coefficient (Wildman–Crippen LogP) is 1.73. The zero-order chi connectivity index (χ0) is 13.8. The van der Waals surface area contributed by atoms with Crippen LogP contribution in [0.2, 0.25) is 0 Å². The summed E-state index contributed by atoms with van der Waals surface area (Å²) >= 11 is 0. The third kappa shape index (κ3) is 3.81. The standard InChI is InChI=1S/C16H22N2O2/c19-16(17-14-6-7-14)8-9-18-10-11-20-15(12-18)13-4-2-1-3-5-13/h1-5,14-15H,6-12H2,(H,17,19). The predicted molar refractivity (Wildman–Crippen MR) is 77.4 cm³/mol. The van der Waals surface area contributed by atoms with E-state index < -0.39 is 0 Å². The van der Waals surface area contributed by atoms with E-state index in [-0.39, 0.29) is 12.0 Å². The van der Waals surface area contributed by atoms with Crippen LogP contribution in [0.1, 0.15) is 30.9 Å². The normalized spacial score (nSPS) is 23.5. The summed E-state index contributed by atoms with van der Waals surface area (Å²) in [7, 11) is 0. The van der Waals surface area contributed by atoms with E-state index in [1.165, 1.54) is 5.56 Å². The van der Waals surface area contributed by atoms with Crippen LogP contribution < -0.4 is 5.32 Å². The highest BCUT2D eigenvalue weighted by molar-refractivity contribution is 5.76. The fraction of sp³-hybridized carbons (Fsp3) is 0.562. The first-order chi connectivity index (χ1) is 9.81. The lowest BCUT2D eigenvalue weighted by Crippen LogP contribution is -2.40. The summed E-state index contributed by atoms with van der Waals surface area (Å²) < 4.78 is 5.83. The molecule has 0 aromatic heterocycles. The molecular formula is C16H22N2O2. The number of amides is 1. The molecule has 1 heterocycles. The summed E-state index contributed by atoms with van der Waals surface area (Å²) in [6.07, 6.45) is 3.04. The van der Waals surface area contributed by atoms with E-state index in [1.54, 1.807) is 0 Å². The molecule has 0 spiro atoms. The second-order valence-electron chi connectivity index (χ2n) is 5.66. The lowest BCUT2D eigenvalue weighted by Gasteiger charge is -2.33. The second-order valence-corrected chi connectivity index (χ2v) is 5.66. The van der Waals surface area contributed by atoms with Crippen molar-refractivity contribution in [1.29, 1.82) is 0 Å². The number of rotatable bonds is 5. The molecule has 0 radical (unpaired) electrons. The third-order valence-corrected chi connectivity index (χ3v) is 3.92. The van der Waals surface area contributed by atoms with Crippen molar-refractivity contribution in [2.24, 2.45) is 0 Å². The average Bonchev–Trinajstić information content (AvgIpc) is 3.30. The van der Waals surface area contributed by atoms with Crippen LogP contribution >= 0.6 is 0 Å². The van der Waals surface area contributed by atoms with Gasteiger partial charge in [0.25, 0.3) is 0 Å². The maximum atomic E-state index is 11.7. The van der Waals surface area contributed by atoms with Crippen molar-refractivity contribution in [1.82, 2.24) is 10.2 Å². The number of hydrogen-bond acceptors (Lipinski definition) is 3. The molecule has 1 aliphatic heterocycles. The topological polar surface area (TPSA) is 41.6 Å². The summed E-state index contributed by atoms with van der Waals surface area (Å²) in [6, 6.07) is 10.8. The maximum absolute atomic E-state index is 11.7. The highest BCUT2D eigenvalue weighted by atomic mass is 16.5. The van der Waals surface area contributed by atoms with Gasteiger partial charge in [-0.05, 0) is 18.4 Å². The van der Waals surface area contributed by atoms with Crippen molar-refractivity contribution < 1.29 is 9.53 Å². The van der Waals surface area contributed by atoms with E-state index in [9.17, 15) is 4.79 Å². The first-order valence-electron chi connectivity index (χ1n) is 7.49. The van der Waals surface area contributed by atoms with E-state index in [4.69, 9.17) is 4.74 Å². The van der Waals surface area contributed by atoms with Gasteiger partial charge < -0.3 is 10.1 Å². The summed E-state index contributed by atoms with van der Waals surface area (Å²) in [4.78, 5) is 14.0. The highest BCUT2D eigenvalue weighted by Crippen LogP contribution is 2.22. The number of ether oxygens (including phenoxy) is 1. The molecule has 1 atom stereocenters.